The van der Waals surface area contributed by atoms with E-state index in [1.165, 1.54) is 11.3 Å². The molecule has 424 valence electrons. The molecular formula is C62H51F11O6S2. The maximum absolute atomic E-state index is 15.1. The highest BCUT2D eigenvalue weighted by atomic mass is 32.1. The predicted molar refractivity (Wildman–Crippen MR) is 292 cm³/mol. The summed E-state index contributed by atoms with van der Waals surface area (Å²) in [5.74, 6) is -6.74. The van der Waals surface area contributed by atoms with Crippen molar-refractivity contribution in [3.05, 3.63) is 185 Å². The highest BCUT2D eigenvalue weighted by Crippen LogP contribution is 2.42. The largest absolute Gasteiger partial charge is 0.573 e. The molecule has 0 unspecified atom stereocenters. The van der Waals surface area contributed by atoms with Crippen molar-refractivity contribution in [3.8, 4) is 60.8 Å². The first kappa shape index (κ1) is 58.3. The third-order valence-electron chi connectivity index (χ3n) is 13.3. The lowest BCUT2D eigenvalue weighted by Crippen LogP contribution is -2.21. The van der Waals surface area contributed by atoms with E-state index in [0.29, 0.717) is 78.4 Å². The molecule has 0 bridgehead atoms. The van der Waals surface area contributed by atoms with E-state index in [1.807, 2.05) is 67.6 Å². The summed E-state index contributed by atoms with van der Waals surface area (Å²) < 4.78 is 178. The van der Waals surface area contributed by atoms with Crippen LogP contribution in [-0.4, -0.2) is 32.0 Å². The van der Waals surface area contributed by atoms with Crippen LogP contribution in [-0.2, 0) is 18.0 Å². The molecular weight excluding hydrogens is 1110 g/mol. The quantitative estimate of drug-likeness (QED) is 0.0630. The standard InChI is InChI=1S/C32H25F5O3S.C30H26F6O3S/c1-2-3-14-38-26-13-10-23-17-29(41-30(23)18-26)22-8-11-25(12-9-22)39-19-20-4-6-21(7-5-20)24-15-27(33)31(28(34)16-24)40-32(35,36)37;1-2-37-22-11-12-23-26(15-22)40-29(27(23)33)19-5-3-17(4-6-19)16-38-21-9-7-18(8-10-21)20-13-24(31)28(25(32)14-20)39-30(34,35)36/h4-13,15-18H,2-3,14,19H2,1H3;3-6,11-15,18,21H,2,7-10,16H2,1H3. The molecule has 1 fully saturated rings. The fourth-order valence-electron chi connectivity index (χ4n) is 9.24. The van der Waals surface area contributed by atoms with Gasteiger partial charge in [0.05, 0.1) is 30.8 Å². The highest BCUT2D eigenvalue weighted by Gasteiger charge is 2.36. The average Bonchev–Trinajstić information content (AvgIpc) is 4.29. The molecule has 0 aliphatic heterocycles. The molecule has 0 N–H and O–H groups in total. The minimum absolute atomic E-state index is 0.0574. The van der Waals surface area contributed by atoms with Gasteiger partial charge in [-0.15, -0.1) is 49.0 Å². The smallest absolute Gasteiger partial charge is 0.494 e. The van der Waals surface area contributed by atoms with Gasteiger partial charge in [0.15, 0.2) is 23.3 Å². The Labute approximate surface area is 467 Å². The topological polar surface area (TPSA) is 55.4 Å². The number of unbranched alkanes of at least 4 members (excludes halogenated alkanes) is 1. The van der Waals surface area contributed by atoms with Gasteiger partial charge in [0.25, 0.3) is 0 Å². The number of benzene rings is 7. The van der Waals surface area contributed by atoms with Crippen molar-refractivity contribution in [2.45, 2.75) is 90.3 Å². The molecule has 0 radical (unpaired) electrons. The van der Waals surface area contributed by atoms with Crippen molar-refractivity contribution in [1.82, 2.24) is 0 Å². The molecule has 10 rings (SSSR count). The maximum Gasteiger partial charge on any atom is 0.573 e. The van der Waals surface area contributed by atoms with Crippen molar-refractivity contribution in [2.24, 2.45) is 0 Å². The van der Waals surface area contributed by atoms with Crippen LogP contribution >= 0.6 is 22.7 Å². The van der Waals surface area contributed by atoms with Crippen molar-refractivity contribution in [3.63, 3.8) is 0 Å². The summed E-state index contributed by atoms with van der Waals surface area (Å²) >= 11 is 3.07. The highest BCUT2D eigenvalue weighted by molar-refractivity contribution is 7.22. The fourth-order valence-corrected chi connectivity index (χ4v) is 11.5. The SMILES string of the molecule is CCCCOc1ccc2cc(-c3ccc(OCc4ccc(-c5cc(F)c(OC(F)(F)F)c(F)c5)cc4)cc3)sc2c1.CCOc1ccc2c(F)c(-c3ccc(COC4CCC(c5cc(F)c(OC(F)(F)F)c(F)c5)CC4)cc3)sc2c1. The summed E-state index contributed by atoms with van der Waals surface area (Å²) in [6.45, 7) is 5.89. The normalized spacial score (nSPS) is 14.6. The van der Waals surface area contributed by atoms with Crippen molar-refractivity contribution >= 4 is 42.8 Å². The number of halogens is 11. The van der Waals surface area contributed by atoms with Crippen molar-refractivity contribution < 1.29 is 76.7 Å². The first-order chi connectivity index (χ1) is 38.8. The monoisotopic (exact) mass is 1160 g/mol. The van der Waals surface area contributed by atoms with Crippen LogP contribution in [0.2, 0.25) is 0 Å². The Bertz CT molecular complexity index is 3530. The Morgan fingerprint density at radius 3 is 1.64 bits per heavy atom. The predicted octanol–water partition coefficient (Wildman–Crippen LogP) is 19.7. The van der Waals surface area contributed by atoms with Crippen LogP contribution in [0.25, 0.3) is 52.2 Å². The van der Waals surface area contributed by atoms with E-state index in [1.54, 1.807) is 47.7 Å². The minimum atomic E-state index is -5.20. The molecule has 0 spiro atoms. The third kappa shape index (κ3) is 15.2. The fraction of sp³-hybridized carbons (Fsp3) is 0.258. The molecule has 81 heavy (non-hydrogen) atoms. The molecule has 0 saturated heterocycles. The van der Waals surface area contributed by atoms with Crippen LogP contribution in [0.1, 0.15) is 75.0 Å². The van der Waals surface area contributed by atoms with Crippen LogP contribution < -0.4 is 23.7 Å². The van der Waals surface area contributed by atoms with E-state index < -0.39 is 47.5 Å². The summed E-state index contributed by atoms with van der Waals surface area (Å²) in [7, 11) is 0. The zero-order valence-electron chi connectivity index (χ0n) is 43.4. The van der Waals surface area contributed by atoms with E-state index in [-0.39, 0.29) is 30.0 Å². The van der Waals surface area contributed by atoms with Gasteiger partial charge in [-0.05, 0) is 180 Å². The molecule has 2 heterocycles. The summed E-state index contributed by atoms with van der Waals surface area (Å²) in [5, 5.41) is 1.72. The van der Waals surface area contributed by atoms with Gasteiger partial charge in [0, 0.05) is 19.7 Å². The molecule has 1 aliphatic carbocycles. The second-order valence-corrected chi connectivity index (χ2v) is 21.2. The number of rotatable bonds is 18. The van der Waals surface area contributed by atoms with E-state index in [4.69, 9.17) is 18.9 Å². The number of fused-ring (bicyclic) bond motifs is 2. The second-order valence-electron chi connectivity index (χ2n) is 19.0. The lowest BCUT2D eigenvalue weighted by molar-refractivity contribution is -0.277. The Morgan fingerprint density at radius 2 is 1.04 bits per heavy atom. The summed E-state index contributed by atoms with van der Waals surface area (Å²) in [4.78, 5) is 1.69. The Kier molecular flexibility index (Phi) is 18.4. The second kappa shape index (κ2) is 25.6. The Morgan fingerprint density at radius 1 is 0.494 bits per heavy atom. The number of thiophene rings is 2. The van der Waals surface area contributed by atoms with Gasteiger partial charge in [-0.1, -0.05) is 61.9 Å². The van der Waals surface area contributed by atoms with Crippen LogP contribution in [0.3, 0.4) is 0 Å². The average molecular weight is 1170 g/mol. The molecule has 1 aliphatic rings. The van der Waals surface area contributed by atoms with Gasteiger partial charge in [0.1, 0.15) is 29.7 Å². The molecule has 2 aromatic heterocycles. The van der Waals surface area contributed by atoms with Crippen molar-refractivity contribution in [1.29, 1.82) is 0 Å². The van der Waals surface area contributed by atoms with Crippen molar-refractivity contribution in [2.75, 3.05) is 13.2 Å². The summed E-state index contributed by atoms with van der Waals surface area (Å²) in [6, 6.07) is 39.0. The summed E-state index contributed by atoms with van der Waals surface area (Å²) in [6.07, 6.45) is -5.87. The van der Waals surface area contributed by atoms with Gasteiger partial charge >= 0.3 is 12.7 Å². The van der Waals surface area contributed by atoms with Gasteiger partial charge in [0.2, 0.25) is 11.5 Å². The van der Waals surface area contributed by atoms with E-state index in [9.17, 15) is 43.9 Å². The lowest BCUT2D eigenvalue weighted by atomic mass is 9.82. The molecule has 0 amide bonds. The van der Waals surface area contributed by atoms with Crippen LogP contribution in [0.15, 0.2) is 140 Å². The molecule has 7 aromatic carbocycles. The van der Waals surface area contributed by atoms with Gasteiger partial charge in [-0.25, -0.2) is 22.0 Å². The van der Waals surface area contributed by atoms with E-state index in [2.05, 4.69) is 34.6 Å². The molecule has 19 heteroatoms. The number of hydrogen-bond donors (Lipinski definition) is 0. The van der Waals surface area contributed by atoms with Gasteiger partial charge < -0.3 is 28.4 Å². The summed E-state index contributed by atoms with van der Waals surface area (Å²) in [5.41, 5.74) is 4.39. The van der Waals surface area contributed by atoms with Gasteiger partial charge in [-0.2, -0.15) is 0 Å². The first-order valence-corrected chi connectivity index (χ1v) is 27.5. The first-order valence-electron chi connectivity index (χ1n) is 25.8. The molecule has 6 nitrogen and oxygen atoms in total. The lowest BCUT2D eigenvalue weighted by Gasteiger charge is -2.29. The van der Waals surface area contributed by atoms with E-state index >= 15 is 4.39 Å². The zero-order chi connectivity index (χ0) is 57.4. The number of ether oxygens (including phenoxy) is 6. The van der Waals surface area contributed by atoms with Crippen LogP contribution in [0, 0.1) is 29.1 Å². The number of alkyl halides is 6. The Hall–Kier alpha value is -7.35. The third-order valence-corrected chi connectivity index (χ3v) is 15.6. The molecule has 1 saturated carbocycles. The molecule has 9 aromatic rings. The van der Waals surface area contributed by atoms with E-state index in [0.717, 1.165) is 84.8 Å². The zero-order valence-corrected chi connectivity index (χ0v) is 45.1. The van der Waals surface area contributed by atoms with Gasteiger partial charge in [-0.3, -0.25) is 0 Å². The number of hydrogen-bond acceptors (Lipinski definition) is 8. The van der Waals surface area contributed by atoms with Crippen LogP contribution in [0.4, 0.5) is 48.3 Å². The minimum Gasteiger partial charge on any atom is -0.494 e. The van der Waals surface area contributed by atoms with Crippen LogP contribution in [0.5, 0.6) is 28.7 Å². The Balaban J connectivity index is 0.000000196. The molecule has 0 atom stereocenters. The maximum atomic E-state index is 15.1.